The summed E-state index contributed by atoms with van der Waals surface area (Å²) >= 11 is 0. The first-order valence-electron chi connectivity index (χ1n) is 7.72. The number of aromatic nitrogens is 1. The molecule has 0 unspecified atom stereocenters. The van der Waals surface area contributed by atoms with Gasteiger partial charge < -0.3 is 14.7 Å². The molecule has 2 saturated heterocycles. The van der Waals surface area contributed by atoms with Crippen LogP contribution in [0, 0.1) is 5.92 Å². The van der Waals surface area contributed by atoms with Crippen LogP contribution in [-0.4, -0.2) is 41.0 Å². The normalized spacial score (nSPS) is 25.4. The highest BCUT2D eigenvalue weighted by molar-refractivity contribution is 5.93. The molecule has 0 spiro atoms. The second kappa shape index (κ2) is 5.87. The Morgan fingerprint density at radius 1 is 1.48 bits per heavy atom. The van der Waals surface area contributed by atoms with Gasteiger partial charge in [-0.25, -0.2) is 0 Å². The van der Waals surface area contributed by atoms with E-state index >= 15 is 0 Å². The van der Waals surface area contributed by atoms with Gasteiger partial charge in [0.25, 0.3) is 5.91 Å². The van der Waals surface area contributed by atoms with Crippen LogP contribution >= 0.6 is 0 Å². The second-order valence-corrected chi connectivity index (χ2v) is 5.97. The first-order valence-corrected chi connectivity index (χ1v) is 7.72. The molecule has 6 heteroatoms. The van der Waals surface area contributed by atoms with Crippen LogP contribution in [0.4, 0.5) is 0 Å². The van der Waals surface area contributed by atoms with Crippen molar-refractivity contribution in [2.24, 2.45) is 5.92 Å². The van der Waals surface area contributed by atoms with Crippen LogP contribution in [0.2, 0.25) is 0 Å². The van der Waals surface area contributed by atoms with Gasteiger partial charge in [0, 0.05) is 31.6 Å². The number of hydrogen-bond acceptors (Lipinski definition) is 4. The molecule has 0 aliphatic carbocycles. The first kappa shape index (κ1) is 14.1. The quantitative estimate of drug-likeness (QED) is 0.912. The Hall–Kier alpha value is -1.85. The van der Waals surface area contributed by atoms with Crippen LogP contribution in [0.5, 0.6) is 0 Å². The maximum Gasteiger partial charge on any atom is 0.276 e. The van der Waals surface area contributed by atoms with Crippen molar-refractivity contribution >= 4 is 11.8 Å². The third kappa shape index (κ3) is 2.94. The van der Waals surface area contributed by atoms with E-state index in [1.807, 2.05) is 0 Å². The van der Waals surface area contributed by atoms with Crippen LogP contribution in [0.1, 0.15) is 48.9 Å². The highest BCUT2D eigenvalue weighted by atomic mass is 16.5. The molecular formula is C15H21N3O3. The van der Waals surface area contributed by atoms with Gasteiger partial charge in [-0.05, 0) is 19.3 Å². The molecule has 21 heavy (non-hydrogen) atoms. The summed E-state index contributed by atoms with van der Waals surface area (Å²) < 4.78 is 5.18. The predicted molar refractivity (Wildman–Crippen MR) is 75.7 cm³/mol. The first-order chi connectivity index (χ1) is 10.2. The number of hydrogen-bond donors (Lipinski definition) is 1. The summed E-state index contributed by atoms with van der Waals surface area (Å²) in [6, 6.07) is 1.79. The Kier molecular flexibility index (Phi) is 3.94. The Morgan fingerprint density at radius 3 is 3.14 bits per heavy atom. The van der Waals surface area contributed by atoms with Crippen LogP contribution in [0.15, 0.2) is 10.6 Å². The monoisotopic (exact) mass is 291 g/mol. The predicted octanol–water partition coefficient (Wildman–Crippen LogP) is 1.37. The number of fused-ring (bicyclic) bond motifs is 3. The molecule has 2 aliphatic rings. The molecule has 0 saturated carbocycles. The Labute approximate surface area is 123 Å². The molecule has 2 aliphatic heterocycles. The van der Waals surface area contributed by atoms with Gasteiger partial charge in [-0.15, -0.1) is 0 Å². The zero-order chi connectivity index (χ0) is 14.8. The van der Waals surface area contributed by atoms with Gasteiger partial charge in [-0.3, -0.25) is 9.59 Å². The summed E-state index contributed by atoms with van der Waals surface area (Å²) in [5, 5.41) is 6.91. The molecule has 2 amide bonds. The fourth-order valence-electron chi connectivity index (χ4n) is 3.16. The highest BCUT2D eigenvalue weighted by Gasteiger charge is 2.35. The van der Waals surface area contributed by atoms with E-state index in [-0.39, 0.29) is 23.8 Å². The minimum atomic E-state index is -0.130. The summed E-state index contributed by atoms with van der Waals surface area (Å²) in [5.74, 6) is 0.600. The minimum Gasteiger partial charge on any atom is -0.361 e. The second-order valence-electron chi connectivity index (χ2n) is 5.97. The summed E-state index contributed by atoms with van der Waals surface area (Å²) in [5.41, 5.74) is 0.353. The lowest BCUT2D eigenvalue weighted by Gasteiger charge is -2.26. The number of carbonyl (C=O) groups excluding carboxylic acids is 2. The van der Waals surface area contributed by atoms with Crippen molar-refractivity contribution in [3.8, 4) is 0 Å². The maximum absolute atomic E-state index is 12.6. The number of aryl methyl sites for hydroxylation is 1. The smallest absolute Gasteiger partial charge is 0.276 e. The Morgan fingerprint density at radius 2 is 2.33 bits per heavy atom. The van der Waals surface area contributed by atoms with Crippen LogP contribution < -0.4 is 5.32 Å². The molecule has 2 atom stereocenters. The number of amides is 2. The number of carbonyl (C=O) groups is 2. The van der Waals surface area contributed by atoms with E-state index in [9.17, 15) is 9.59 Å². The fourth-order valence-corrected chi connectivity index (χ4v) is 3.16. The van der Waals surface area contributed by atoms with E-state index in [0.717, 1.165) is 37.9 Å². The summed E-state index contributed by atoms with van der Waals surface area (Å²) in [4.78, 5) is 26.3. The molecule has 1 aromatic rings. The molecular weight excluding hydrogens is 270 g/mol. The molecule has 3 rings (SSSR count). The molecule has 2 bridgehead atoms. The lowest BCUT2D eigenvalue weighted by atomic mass is 9.99. The zero-order valence-corrected chi connectivity index (χ0v) is 12.3. The molecule has 114 valence electrons. The van der Waals surface area contributed by atoms with Gasteiger partial charge in [0.2, 0.25) is 5.91 Å². The largest absolute Gasteiger partial charge is 0.361 e. The van der Waals surface area contributed by atoms with Crippen LogP contribution in [-0.2, 0) is 11.2 Å². The van der Waals surface area contributed by atoms with Crippen molar-refractivity contribution in [1.29, 1.82) is 0 Å². The van der Waals surface area contributed by atoms with Crippen LogP contribution in [0.3, 0.4) is 0 Å². The van der Waals surface area contributed by atoms with Crippen molar-refractivity contribution in [2.75, 3.05) is 13.1 Å². The van der Waals surface area contributed by atoms with Crippen molar-refractivity contribution in [2.45, 2.75) is 45.1 Å². The molecule has 0 aromatic carbocycles. The average Bonchev–Trinajstić information content (AvgIpc) is 2.75. The molecule has 3 heterocycles. The number of likely N-dealkylation sites (tertiary alicyclic amines) is 1. The van der Waals surface area contributed by atoms with Gasteiger partial charge in [0.1, 0.15) is 5.76 Å². The van der Waals surface area contributed by atoms with E-state index in [4.69, 9.17) is 4.52 Å². The SMILES string of the molecule is CCCc1cc(C(=O)N2C[C@H]3CCC[C@H](C2)C(=O)N3)no1. The van der Waals surface area contributed by atoms with Crippen molar-refractivity contribution < 1.29 is 14.1 Å². The Bertz CT molecular complexity index is 540. The lowest BCUT2D eigenvalue weighted by Crippen LogP contribution is -2.41. The minimum absolute atomic E-state index is 0.0657. The summed E-state index contributed by atoms with van der Waals surface area (Å²) in [7, 11) is 0. The van der Waals surface area contributed by atoms with Crippen LogP contribution in [0.25, 0.3) is 0 Å². The molecule has 1 aromatic heterocycles. The average molecular weight is 291 g/mol. The van der Waals surface area contributed by atoms with Crippen molar-refractivity contribution in [3.05, 3.63) is 17.5 Å². The van der Waals surface area contributed by atoms with Gasteiger partial charge in [0.05, 0.1) is 5.92 Å². The van der Waals surface area contributed by atoms with Crippen molar-refractivity contribution in [1.82, 2.24) is 15.4 Å². The number of rotatable bonds is 3. The third-order valence-electron chi connectivity index (χ3n) is 4.27. The van der Waals surface area contributed by atoms with E-state index in [1.54, 1.807) is 11.0 Å². The van der Waals surface area contributed by atoms with Gasteiger partial charge in [0.15, 0.2) is 5.69 Å². The summed E-state index contributed by atoms with van der Waals surface area (Å²) in [6.07, 6.45) is 4.57. The molecule has 6 nitrogen and oxygen atoms in total. The third-order valence-corrected chi connectivity index (χ3v) is 4.27. The van der Waals surface area contributed by atoms with E-state index in [2.05, 4.69) is 17.4 Å². The topological polar surface area (TPSA) is 75.4 Å². The van der Waals surface area contributed by atoms with E-state index in [1.165, 1.54) is 0 Å². The maximum atomic E-state index is 12.6. The Balaban J connectivity index is 1.76. The molecule has 0 radical (unpaired) electrons. The van der Waals surface area contributed by atoms with Crippen molar-refractivity contribution in [3.63, 3.8) is 0 Å². The lowest BCUT2D eigenvalue weighted by molar-refractivity contribution is -0.124. The highest BCUT2D eigenvalue weighted by Crippen LogP contribution is 2.23. The number of nitrogens with zero attached hydrogens (tertiary/aromatic N) is 2. The zero-order valence-electron chi connectivity index (χ0n) is 12.3. The summed E-state index contributed by atoms with van der Waals surface area (Å²) in [6.45, 7) is 3.10. The molecule has 2 fully saturated rings. The number of nitrogens with one attached hydrogen (secondary N) is 1. The van der Waals surface area contributed by atoms with Gasteiger partial charge in [-0.1, -0.05) is 18.5 Å². The van der Waals surface area contributed by atoms with Gasteiger partial charge >= 0.3 is 0 Å². The van der Waals surface area contributed by atoms with E-state index < -0.39 is 0 Å². The van der Waals surface area contributed by atoms with E-state index in [0.29, 0.717) is 18.8 Å². The standard InChI is InChI=1S/C15H21N3O3/c1-2-4-12-7-13(17-21-12)15(20)18-8-10-5-3-6-11(9-18)16-14(10)19/h7,10-11H,2-6,8-9H2,1H3,(H,16,19)/t10-,11-/m1/s1. The fraction of sp³-hybridized carbons (Fsp3) is 0.667. The molecule has 1 N–H and O–H groups in total. The van der Waals surface area contributed by atoms with Gasteiger partial charge in [-0.2, -0.15) is 0 Å².